The molecule has 1 N–H and O–H groups in total. The summed E-state index contributed by atoms with van der Waals surface area (Å²) in [7, 11) is 1.44. The van der Waals surface area contributed by atoms with E-state index >= 15 is 0 Å². The lowest BCUT2D eigenvalue weighted by atomic mass is 9.99. The molecule has 0 bridgehead atoms. The summed E-state index contributed by atoms with van der Waals surface area (Å²) in [5.74, 6) is -1.79. The molecular weight excluding hydrogens is 492 g/mol. The van der Waals surface area contributed by atoms with E-state index in [1.165, 1.54) is 11.7 Å². The monoisotopic (exact) mass is 521 g/mol. The molecule has 0 radical (unpaired) electrons. The molecule has 7 nitrogen and oxygen atoms in total. The third kappa shape index (κ3) is 5.95. The number of benzene rings is 2. The number of hydrogen-bond acceptors (Lipinski definition) is 6. The van der Waals surface area contributed by atoms with Gasteiger partial charge in [-0.25, -0.2) is 8.78 Å². The lowest BCUT2D eigenvalue weighted by Crippen LogP contribution is -2.28. The van der Waals surface area contributed by atoms with Crippen LogP contribution in [0.5, 0.6) is 5.88 Å². The number of methoxy groups -OCH3 is 1. The zero-order valence-electron chi connectivity index (χ0n) is 21.4. The highest BCUT2D eigenvalue weighted by molar-refractivity contribution is 5.66. The quantitative estimate of drug-likeness (QED) is 0.318. The molecule has 2 aromatic carbocycles. The SMILES string of the molecule is CCOCc1nc(=O)c(Cc2ccc(-c3ccncc3C)cc2)c(O)n1[C@@H](COC)c1cc(F)cc(F)c1. The summed E-state index contributed by atoms with van der Waals surface area (Å²) in [4.78, 5) is 21.4. The number of rotatable bonds is 10. The second-order valence-electron chi connectivity index (χ2n) is 8.88. The number of nitrogens with zero attached hydrogens (tertiary/aromatic N) is 3. The van der Waals surface area contributed by atoms with Crippen molar-refractivity contribution in [3.8, 4) is 17.0 Å². The first-order valence-corrected chi connectivity index (χ1v) is 12.2. The molecule has 0 unspecified atom stereocenters. The van der Waals surface area contributed by atoms with Gasteiger partial charge in [0.2, 0.25) is 5.88 Å². The van der Waals surface area contributed by atoms with E-state index in [4.69, 9.17) is 9.47 Å². The van der Waals surface area contributed by atoms with Gasteiger partial charge >= 0.3 is 0 Å². The van der Waals surface area contributed by atoms with Gasteiger partial charge in [0.05, 0.1) is 18.2 Å². The Hall–Kier alpha value is -3.95. The topological polar surface area (TPSA) is 86.5 Å². The third-order valence-corrected chi connectivity index (χ3v) is 6.27. The van der Waals surface area contributed by atoms with Crippen LogP contribution in [0.1, 0.15) is 41.0 Å². The first-order valence-electron chi connectivity index (χ1n) is 12.2. The van der Waals surface area contributed by atoms with E-state index in [0.29, 0.717) is 6.61 Å². The summed E-state index contributed by atoms with van der Waals surface area (Å²) >= 11 is 0. The van der Waals surface area contributed by atoms with Crippen LogP contribution in [0.2, 0.25) is 0 Å². The second-order valence-corrected chi connectivity index (χ2v) is 8.88. The average Bonchev–Trinajstić information content (AvgIpc) is 2.89. The number of hydrogen-bond donors (Lipinski definition) is 1. The summed E-state index contributed by atoms with van der Waals surface area (Å²) in [6.45, 7) is 3.97. The van der Waals surface area contributed by atoms with Crippen LogP contribution < -0.4 is 5.56 Å². The van der Waals surface area contributed by atoms with Gasteiger partial charge in [0.25, 0.3) is 5.56 Å². The fourth-order valence-electron chi connectivity index (χ4n) is 4.43. The van der Waals surface area contributed by atoms with Crippen LogP contribution in [0.4, 0.5) is 8.78 Å². The Balaban J connectivity index is 1.78. The minimum Gasteiger partial charge on any atom is -0.494 e. The Morgan fingerprint density at radius 2 is 1.79 bits per heavy atom. The molecule has 0 spiro atoms. The summed E-state index contributed by atoms with van der Waals surface area (Å²) in [5, 5.41) is 11.4. The molecule has 1 atom stereocenters. The minimum absolute atomic E-state index is 0.0421. The summed E-state index contributed by atoms with van der Waals surface area (Å²) < 4.78 is 40.4. The van der Waals surface area contributed by atoms with Crippen LogP contribution in [-0.4, -0.2) is 40.0 Å². The van der Waals surface area contributed by atoms with Crippen LogP contribution in [0, 0.1) is 18.6 Å². The predicted octanol–water partition coefficient (Wildman–Crippen LogP) is 4.96. The molecule has 4 aromatic rings. The Labute approximate surface area is 219 Å². The van der Waals surface area contributed by atoms with Gasteiger partial charge in [0, 0.05) is 38.6 Å². The molecule has 38 heavy (non-hydrogen) atoms. The zero-order chi connectivity index (χ0) is 27.2. The Morgan fingerprint density at radius 1 is 1.08 bits per heavy atom. The summed E-state index contributed by atoms with van der Waals surface area (Å²) in [6.07, 6.45) is 3.62. The van der Waals surface area contributed by atoms with Crippen LogP contribution in [0.25, 0.3) is 11.1 Å². The number of aromatic hydroxyl groups is 1. The highest BCUT2D eigenvalue weighted by Gasteiger charge is 2.25. The third-order valence-electron chi connectivity index (χ3n) is 6.27. The number of aryl methyl sites for hydroxylation is 1. The maximum absolute atomic E-state index is 14.1. The van der Waals surface area contributed by atoms with Crippen molar-refractivity contribution in [3.05, 3.63) is 111 Å². The molecule has 0 aliphatic carbocycles. The van der Waals surface area contributed by atoms with Gasteiger partial charge in [-0.2, -0.15) is 4.98 Å². The Kier molecular flexibility index (Phi) is 8.60. The van der Waals surface area contributed by atoms with Crippen LogP contribution in [0.3, 0.4) is 0 Å². The molecule has 2 aromatic heterocycles. The minimum atomic E-state index is -0.871. The van der Waals surface area contributed by atoms with Crippen molar-refractivity contribution in [2.24, 2.45) is 0 Å². The van der Waals surface area contributed by atoms with Gasteiger partial charge in [-0.05, 0) is 59.9 Å². The van der Waals surface area contributed by atoms with Crippen LogP contribution >= 0.6 is 0 Å². The van der Waals surface area contributed by atoms with Crippen molar-refractivity contribution in [1.29, 1.82) is 0 Å². The smallest absolute Gasteiger partial charge is 0.280 e. The van der Waals surface area contributed by atoms with E-state index in [0.717, 1.165) is 40.5 Å². The van der Waals surface area contributed by atoms with Crippen molar-refractivity contribution in [3.63, 3.8) is 0 Å². The molecule has 0 saturated carbocycles. The lowest BCUT2D eigenvalue weighted by Gasteiger charge is -2.25. The van der Waals surface area contributed by atoms with Gasteiger partial charge in [0.1, 0.15) is 24.1 Å². The van der Waals surface area contributed by atoms with Gasteiger partial charge in [0.15, 0.2) is 0 Å². The maximum atomic E-state index is 14.1. The first-order chi connectivity index (χ1) is 18.3. The molecule has 0 amide bonds. The molecule has 0 saturated heterocycles. The fraction of sp³-hybridized carbons (Fsp3) is 0.276. The van der Waals surface area contributed by atoms with Gasteiger partial charge < -0.3 is 14.6 Å². The number of halogens is 2. The van der Waals surface area contributed by atoms with E-state index in [1.54, 1.807) is 19.3 Å². The first kappa shape index (κ1) is 27.1. The second kappa shape index (κ2) is 12.1. The molecule has 198 valence electrons. The molecule has 0 aliphatic rings. The maximum Gasteiger partial charge on any atom is 0.280 e. The van der Waals surface area contributed by atoms with Crippen LogP contribution in [-0.2, 0) is 22.5 Å². The fourth-order valence-corrected chi connectivity index (χ4v) is 4.43. The van der Waals surface area contributed by atoms with E-state index < -0.39 is 23.2 Å². The number of pyridine rings is 1. The lowest BCUT2D eigenvalue weighted by molar-refractivity contribution is 0.115. The standard InChI is InChI=1S/C29H29F2N3O4/c1-4-38-17-27-33-28(35)25(11-19-5-7-20(8-6-19)24-9-10-32-15-18(24)2)29(36)34(27)26(16-37-3)21-12-22(30)14-23(31)13-21/h5-10,12-15,26,36H,4,11,16-17H2,1-3H3/t26-/m0/s1. The van der Waals surface area contributed by atoms with E-state index in [9.17, 15) is 18.7 Å². The highest BCUT2D eigenvalue weighted by Crippen LogP contribution is 2.30. The highest BCUT2D eigenvalue weighted by atomic mass is 19.1. The van der Waals surface area contributed by atoms with Gasteiger partial charge in [-0.3, -0.25) is 14.3 Å². The van der Waals surface area contributed by atoms with Crippen LogP contribution in [0.15, 0.2) is 65.7 Å². The van der Waals surface area contributed by atoms with Crippen molar-refractivity contribution in [2.75, 3.05) is 20.3 Å². The molecule has 9 heteroatoms. The Morgan fingerprint density at radius 3 is 2.42 bits per heavy atom. The van der Waals surface area contributed by atoms with Crippen molar-refractivity contribution < 1.29 is 23.4 Å². The zero-order valence-corrected chi connectivity index (χ0v) is 21.4. The largest absolute Gasteiger partial charge is 0.494 e. The normalized spacial score (nSPS) is 12.0. The van der Waals surface area contributed by atoms with Crippen molar-refractivity contribution in [1.82, 2.24) is 14.5 Å². The van der Waals surface area contributed by atoms with E-state index in [2.05, 4.69) is 9.97 Å². The predicted molar refractivity (Wildman–Crippen MR) is 139 cm³/mol. The molecular formula is C29H29F2N3O4. The molecule has 0 aliphatic heterocycles. The Bertz CT molecular complexity index is 1450. The number of ether oxygens (including phenoxy) is 2. The molecule has 4 rings (SSSR count). The van der Waals surface area contributed by atoms with Gasteiger partial charge in [-0.15, -0.1) is 0 Å². The summed E-state index contributed by atoms with van der Waals surface area (Å²) in [5.41, 5.74) is 3.51. The average molecular weight is 522 g/mol. The van der Waals surface area contributed by atoms with Gasteiger partial charge in [-0.1, -0.05) is 24.3 Å². The molecule has 2 heterocycles. The van der Waals surface area contributed by atoms with Crippen molar-refractivity contribution >= 4 is 0 Å². The van der Waals surface area contributed by atoms with Crippen molar-refractivity contribution in [2.45, 2.75) is 32.9 Å². The van der Waals surface area contributed by atoms with E-state index in [-0.39, 0.29) is 42.5 Å². The van der Waals surface area contributed by atoms with E-state index in [1.807, 2.05) is 37.3 Å². The number of aromatic nitrogens is 3. The molecule has 0 fully saturated rings. The summed E-state index contributed by atoms with van der Waals surface area (Å²) in [6, 6.07) is 11.8.